The first-order valence-electron chi connectivity index (χ1n) is 20.9. The van der Waals surface area contributed by atoms with Crippen LogP contribution in [0.25, 0.3) is 0 Å². The number of ketones is 1. The molecule has 8 aliphatic carbocycles. The number of Topliss-reactive ketones (excluding diaryl/α,β-unsaturated/α-hetero) is 1. The molecule has 9 rings (SSSR count). The quantitative estimate of drug-likeness (QED) is 0.225. The van der Waals surface area contributed by atoms with E-state index in [2.05, 4.69) is 46.8 Å². The van der Waals surface area contributed by atoms with Gasteiger partial charge in [-0.3, -0.25) is 4.79 Å². The number of carbonyl (C=O) groups is 1. The lowest BCUT2D eigenvalue weighted by molar-refractivity contribution is -0.223. The first-order valence-corrected chi connectivity index (χ1v) is 20.9. The van der Waals surface area contributed by atoms with Crippen molar-refractivity contribution in [3.63, 3.8) is 0 Å². The fraction of sp³-hybridized carbons (Fsp3) is 0.886. The largest absolute Gasteiger partial charge is 0.393 e. The summed E-state index contributed by atoms with van der Waals surface area (Å²) in [5, 5.41) is 42.9. The van der Waals surface area contributed by atoms with Crippen LogP contribution in [0.5, 0.6) is 0 Å². The lowest BCUT2D eigenvalue weighted by atomic mass is 9.46. The highest BCUT2D eigenvalue weighted by molar-refractivity contribution is 5.79. The number of aliphatic hydroxyl groups excluding tert-OH is 4. The normalized spacial score (nSPS) is 53.8. The van der Waals surface area contributed by atoms with Crippen LogP contribution in [-0.4, -0.2) is 69.6 Å². The van der Waals surface area contributed by atoms with Crippen LogP contribution >= 0.6 is 0 Å². The zero-order chi connectivity index (χ0) is 36.3. The number of aliphatic hydroxyl groups is 4. The van der Waals surface area contributed by atoms with Gasteiger partial charge >= 0.3 is 0 Å². The van der Waals surface area contributed by atoms with Crippen molar-refractivity contribution in [1.29, 1.82) is 0 Å². The van der Waals surface area contributed by atoms with Gasteiger partial charge in [-0.1, -0.05) is 51.0 Å². The second-order valence-electron chi connectivity index (χ2n) is 20.3. The SMILES string of the molecule is CC(=O)[C@H]1CC[C@H]2[C@@H]3CC=C4C[C@@H](O)CC[C@]4(C)[C@H]3[C@@H](O)C[C@]12C.CC1([C@H]2CC[C@H]3[C@@H]4CC=C5C[C@@H](O)CC[C@]5(C)[C@H]4[C@@H](O)C[C@]23C)OCCO1. The Hall–Kier alpha value is -1.09. The highest BCUT2D eigenvalue weighted by Crippen LogP contribution is 2.69. The Balaban J connectivity index is 0.000000148. The highest BCUT2D eigenvalue weighted by atomic mass is 16.7. The monoisotopic (exact) mass is 708 g/mol. The standard InChI is InChI=1S/C23H36O4.C21H32O3/c1-21-9-8-15(24)12-14(21)4-5-16-17-6-7-19(23(3)26-10-11-27-23)22(17,2)13-18(25)20(16)21;1-12(22)16-6-7-17-15-5-4-13-10-14(23)8-9-20(13,2)19(15)18(24)11-21(16,17)3/h4,15-20,24-25H,5-13H2,1-3H3;4,14-19,23-24H,5-11H2,1-3H3/t15-,16-,17-,18-,19-,20+,21-,22-;14-,15-,16+,17-,18-,19+,20-,21+/m00/s1. The summed E-state index contributed by atoms with van der Waals surface area (Å²) < 4.78 is 12.2. The minimum absolute atomic E-state index is 0.0255. The molecule has 9 aliphatic rings. The van der Waals surface area contributed by atoms with Gasteiger partial charge in [0.1, 0.15) is 5.78 Å². The molecular formula is C44H68O7. The molecule has 7 heteroatoms. The smallest absolute Gasteiger partial charge is 0.169 e. The molecule has 1 heterocycles. The van der Waals surface area contributed by atoms with E-state index in [4.69, 9.17) is 9.47 Å². The topological polar surface area (TPSA) is 116 Å². The van der Waals surface area contributed by atoms with Gasteiger partial charge in [-0.2, -0.15) is 0 Å². The van der Waals surface area contributed by atoms with Crippen LogP contribution in [-0.2, 0) is 14.3 Å². The van der Waals surface area contributed by atoms with Crippen LogP contribution in [0.2, 0.25) is 0 Å². The number of carbonyl (C=O) groups excluding carboxylic acids is 1. The van der Waals surface area contributed by atoms with E-state index in [-0.39, 0.29) is 52.0 Å². The van der Waals surface area contributed by atoms with E-state index in [1.54, 1.807) is 6.92 Å². The average molecular weight is 709 g/mol. The second kappa shape index (κ2) is 12.7. The third-order valence-corrected chi connectivity index (χ3v) is 18.0. The zero-order valence-corrected chi connectivity index (χ0v) is 32.4. The number of fused-ring (bicyclic) bond motifs is 10. The number of hydrogen-bond donors (Lipinski definition) is 4. The Kier molecular flexibility index (Phi) is 9.20. The molecule has 0 spiro atoms. The third-order valence-electron chi connectivity index (χ3n) is 18.0. The average Bonchev–Trinajstić information content (AvgIpc) is 3.76. The summed E-state index contributed by atoms with van der Waals surface area (Å²) in [4.78, 5) is 12.2. The van der Waals surface area contributed by atoms with Crippen molar-refractivity contribution < 1.29 is 34.7 Å². The first-order chi connectivity index (χ1) is 24.0. The summed E-state index contributed by atoms with van der Waals surface area (Å²) in [6, 6.07) is 0. The molecule has 6 saturated carbocycles. The minimum Gasteiger partial charge on any atom is -0.393 e. The Morgan fingerprint density at radius 1 is 0.667 bits per heavy atom. The number of hydrogen-bond acceptors (Lipinski definition) is 7. The van der Waals surface area contributed by atoms with Crippen molar-refractivity contribution in [2.24, 2.45) is 69.0 Å². The molecule has 7 nitrogen and oxygen atoms in total. The maximum atomic E-state index is 12.2. The van der Waals surface area contributed by atoms with Crippen LogP contribution in [0, 0.1) is 69.0 Å². The van der Waals surface area contributed by atoms with Crippen LogP contribution in [0.15, 0.2) is 23.3 Å². The lowest BCUT2D eigenvalue weighted by Gasteiger charge is -2.60. The van der Waals surface area contributed by atoms with Gasteiger partial charge in [-0.25, -0.2) is 0 Å². The predicted molar refractivity (Wildman–Crippen MR) is 196 cm³/mol. The molecule has 7 fully saturated rings. The van der Waals surface area contributed by atoms with Gasteiger partial charge in [0.05, 0.1) is 37.6 Å². The molecule has 0 amide bonds. The van der Waals surface area contributed by atoms with E-state index in [0.717, 1.165) is 83.5 Å². The first kappa shape index (κ1) is 36.9. The molecule has 1 aliphatic heterocycles. The molecule has 286 valence electrons. The van der Waals surface area contributed by atoms with Gasteiger partial charge in [-0.05, 0) is 161 Å². The van der Waals surface area contributed by atoms with Gasteiger partial charge in [0.2, 0.25) is 0 Å². The molecule has 16 atom stereocenters. The van der Waals surface area contributed by atoms with Crippen LogP contribution in [0.1, 0.15) is 131 Å². The molecule has 51 heavy (non-hydrogen) atoms. The van der Waals surface area contributed by atoms with Gasteiger partial charge in [0, 0.05) is 11.8 Å². The molecule has 0 bridgehead atoms. The van der Waals surface area contributed by atoms with Crippen molar-refractivity contribution in [3.8, 4) is 0 Å². The fourth-order valence-corrected chi connectivity index (χ4v) is 15.8. The van der Waals surface area contributed by atoms with Crippen LogP contribution in [0.3, 0.4) is 0 Å². The summed E-state index contributed by atoms with van der Waals surface area (Å²) in [6.45, 7) is 14.6. The van der Waals surface area contributed by atoms with Crippen LogP contribution in [0.4, 0.5) is 0 Å². The molecule has 0 radical (unpaired) electrons. The Morgan fingerprint density at radius 2 is 1.14 bits per heavy atom. The molecular weight excluding hydrogens is 640 g/mol. The van der Waals surface area contributed by atoms with Gasteiger partial charge in [-0.15, -0.1) is 0 Å². The van der Waals surface area contributed by atoms with E-state index in [1.807, 2.05) is 0 Å². The molecule has 0 unspecified atom stereocenters. The van der Waals surface area contributed by atoms with E-state index >= 15 is 0 Å². The minimum atomic E-state index is -0.482. The summed E-state index contributed by atoms with van der Waals surface area (Å²) in [5.41, 5.74) is 2.95. The molecule has 0 aromatic heterocycles. The van der Waals surface area contributed by atoms with E-state index in [0.29, 0.717) is 60.4 Å². The van der Waals surface area contributed by atoms with Crippen molar-refractivity contribution >= 4 is 5.78 Å². The van der Waals surface area contributed by atoms with E-state index < -0.39 is 5.79 Å². The number of rotatable bonds is 2. The fourth-order valence-electron chi connectivity index (χ4n) is 15.8. The molecule has 0 aromatic rings. The van der Waals surface area contributed by atoms with Crippen molar-refractivity contribution in [2.45, 2.75) is 162 Å². The maximum absolute atomic E-state index is 12.2. The number of allylic oxidation sites excluding steroid dienone is 2. The van der Waals surface area contributed by atoms with E-state index in [1.165, 1.54) is 17.6 Å². The highest BCUT2D eigenvalue weighted by Gasteiger charge is 2.66. The predicted octanol–water partition coefficient (Wildman–Crippen LogP) is 7.15. The van der Waals surface area contributed by atoms with E-state index in [9.17, 15) is 25.2 Å². The second-order valence-corrected chi connectivity index (χ2v) is 20.3. The molecule has 1 saturated heterocycles. The summed E-state index contributed by atoms with van der Waals surface area (Å²) in [7, 11) is 0. The van der Waals surface area contributed by atoms with Crippen molar-refractivity contribution in [3.05, 3.63) is 23.3 Å². The van der Waals surface area contributed by atoms with Gasteiger partial charge < -0.3 is 29.9 Å². The zero-order valence-electron chi connectivity index (χ0n) is 32.4. The molecule has 0 aromatic carbocycles. The van der Waals surface area contributed by atoms with Gasteiger partial charge in [0.25, 0.3) is 0 Å². The van der Waals surface area contributed by atoms with Crippen LogP contribution < -0.4 is 0 Å². The van der Waals surface area contributed by atoms with Gasteiger partial charge in [0.15, 0.2) is 5.79 Å². The summed E-state index contributed by atoms with van der Waals surface area (Å²) >= 11 is 0. The maximum Gasteiger partial charge on any atom is 0.169 e. The lowest BCUT2D eigenvalue weighted by Crippen LogP contribution is -2.58. The summed E-state index contributed by atoms with van der Waals surface area (Å²) in [5.74, 6) is 3.17. The number of ether oxygens (including phenoxy) is 2. The molecule has 4 N–H and O–H groups in total. The summed E-state index contributed by atoms with van der Waals surface area (Å²) in [6.07, 6.45) is 17.3. The Morgan fingerprint density at radius 3 is 1.65 bits per heavy atom. The van der Waals surface area contributed by atoms with Crippen molar-refractivity contribution in [1.82, 2.24) is 0 Å². The Labute approximate surface area is 307 Å². The third kappa shape index (κ3) is 5.50. The Bertz CT molecular complexity index is 1430. The van der Waals surface area contributed by atoms with Crippen molar-refractivity contribution in [2.75, 3.05) is 13.2 Å².